The highest BCUT2D eigenvalue weighted by Gasteiger charge is 2.15. The van der Waals surface area contributed by atoms with Crippen molar-refractivity contribution in [2.24, 2.45) is 0 Å². The number of benzene rings is 1. The quantitative estimate of drug-likeness (QED) is 0.716. The molecule has 0 fully saturated rings. The van der Waals surface area contributed by atoms with Crippen LogP contribution in [0.4, 0.5) is 5.69 Å². The lowest BCUT2D eigenvalue weighted by Gasteiger charge is -2.01. The van der Waals surface area contributed by atoms with Gasteiger partial charge in [0.1, 0.15) is 5.69 Å². The van der Waals surface area contributed by atoms with E-state index in [0.717, 1.165) is 15.6 Å². The Morgan fingerprint density at radius 1 is 1.19 bits per heavy atom. The first kappa shape index (κ1) is 13.8. The minimum absolute atomic E-state index is 0.386. The highest BCUT2D eigenvalue weighted by molar-refractivity contribution is 9.10. The number of anilines is 1. The van der Waals surface area contributed by atoms with Gasteiger partial charge in [-0.2, -0.15) is 4.98 Å². The predicted octanol–water partition coefficient (Wildman–Crippen LogP) is 3.76. The summed E-state index contributed by atoms with van der Waals surface area (Å²) < 4.78 is 6.22. The zero-order valence-electron chi connectivity index (χ0n) is 11.6. The molecular formula is C15H13BrN4O. The van der Waals surface area contributed by atoms with E-state index in [4.69, 9.17) is 10.3 Å². The van der Waals surface area contributed by atoms with E-state index in [-0.39, 0.29) is 0 Å². The number of nitrogens with two attached hydrogens (primary N) is 1. The largest absolute Gasteiger partial charge is 0.398 e. The maximum absolute atomic E-state index is 5.98. The van der Waals surface area contributed by atoms with Crippen molar-refractivity contribution in [1.29, 1.82) is 0 Å². The van der Waals surface area contributed by atoms with Gasteiger partial charge in [-0.15, -0.1) is 0 Å². The molecule has 6 heteroatoms. The lowest BCUT2D eigenvalue weighted by atomic mass is 10.1. The number of rotatable bonds is 2. The number of pyridine rings is 1. The molecule has 106 valence electrons. The molecule has 21 heavy (non-hydrogen) atoms. The Labute approximate surface area is 130 Å². The van der Waals surface area contributed by atoms with Gasteiger partial charge >= 0.3 is 0 Å². The van der Waals surface area contributed by atoms with E-state index in [1.165, 1.54) is 0 Å². The molecule has 0 bridgehead atoms. The second-order valence-electron chi connectivity index (χ2n) is 4.83. The van der Waals surface area contributed by atoms with Gasteiger partial charge in [-0.1, -0.05) is 27.2 Å². The summed E-state index contributed by atoms with van der Waals surface area (Å²) in [7, 11) is 0. The molecule has 3 rings (SSSR count). The van der Waals surface area contributed by atoms with E-state index in [9.17, 15) is 0 Å². The summed E-state index contributed by atoms with van der Waals surface area (Å²) in [5.74, 6) is 0.849. The van der Waals surface area contributed by atoms with Crippen LogP contribution >= 0.6 is 15.9 Å². The van der Waals surface area contributed by atoms with E-state index < -0.39 is 0 Å². The van der Waals surface area contributed by atoms with Crippen LogP contribution in [0, 0.1) is 13.8 Å². The van der Waals surface area contributed by atoms with E-state index in [1.54, 1.807) is 12.3 Å². The zero-order valence-corrected chi connectivity index (χ0v) is 13.2. The van der Waals surface area contributed by atoms with Gasteiger partial charge in [-0.25, -0.2) is 0 Å². The number of hydrogen-bond donors (Lipinski definition) is 1. The third kappa shape index (κ3) is 2.67. The minimum Gasteiger partial charge on any atom is -0.398 e. The number of halogens is 1. The Kier molecular flexibility index (Phi) is 3.47. The fourth-order valence-electron chi connectivity index (χ4n) is 2.11. The van der Waals surface area contributed by atoms with E-state index >= 15 is 0 Å². The molecule has 3 aromatic rings. The van der Waals surface area contributed by atoms with Crippen molar-refractivity contribution >= 4 is 21.6 Å². The van der Waals surface area contributed by atoms with Crippen molar-refractivity contribution in [3.8, 4) is 23.0 Å². The van der Waals surface area contributed by atoms with Gasteiger partial charge in [-0.3, -0.25) is 4.98 Å². The van der Waals surface area contributed by atoms with Crippen LogP contribution in [0.15, 0.2) is 39.5 Å². The van der Waals surface area contributed by atoms with Crippen molar-refractivity contribution in [2.75, 3.05) is 5.73 Å². The number of nitrogens with zero attached hydrogens (tertiary/aromatic N) is 3. The number of hydrogen-bond acceptors (Lipinski definition) is 5. The van der Waals surface area contributed by atoms with Crippen molar-refractivity contribution < 1.29 is 4.52 Å². The smallest absolute Gasteiger partial charge is 0.260 e. The average Bonchev–Trinajstić information content (AvgIpc) is 2.87. The summed E-state index contributed by atoms with van der Waals surface area (Å²) in [5.41, 5.74) is 10.1. The molecule has 0 amide bonds. The third-order valence-corrected chi connectivity index (χ3v) is 3.59. The molecule has 0 aliphatic rings. The second-order valence-corrected chi connectivity index (χ2v) is 5.75. The fraction of sp³-hybridized carbons (Fsp3) is 0.133. The van der Waals surface area contributed by atoms with Gasteiger partial charge in [0.05, 0.1) is 5.56 Å². The summed E-state index contributed by atoms with van der Waals surface area (Å²) in [6, 6.07) is 7.55. The van der Waals surface area contributed by atoms with Crippen molar-refractivity contribution in [2.45, 2.75) is 13.8 Å². The van der Waals surface area contributed by atoms with Gasteiger partial charge in [-0.05, 0) is 43.2 Å². The van der Waals surface area contributed by atoms with E-state index in [1.807, 2.05) is 32.0 Å². The van der Waals surface area contributed by atoms with Gasteiger partial charge in [0.15, 0.2) is 0 Å². The minimum atomic E-state index is 0.386. The van der Waals surface area contributed by atoms with Crippen LogP contribution in [0.25, 0.3) is 23.0 Å². The molecule has 0 saturated carbocycles. The maximum atomic E-state index is 5.98. The summed E-state index contributed by atoms with van der Waals surface area (Å²) in [6.07, 6.45) is 1.78. The molecule has 0 aliphatic carbocycles. The van der Waals surface area contributed by atoms with Crippen LogP contribution in [0.5, 0.6) is 0 Å². The van der Waals surface area contributed by atoms with Crippen LogP contribution in [0.1, 0.15) is 11.1 Å². The summed E-state index contributed by atoms with van der Waals surface area (Å²) in [5, 5.41) is 4.00. The maximum Gasteiger partial charge on any atom is 0.260 e. The normalized spacial score (nSPS) is 10.8. The third-order valence-electron chi connectivity index (χ3n) is 3.10. The molecular weight excluding hydrogens is 332 g/mol. The van der Waals surface area contributed by atoms with Crippen molar-refractivity contribution in [3.05, 3.63) is 46.1 Å². The molecule has 5 nitrogen and oxygen atoms in total. The monoisotopic (exact) mass is 344 g/mol. The van der Waals surface area contributed by atoms with Crippen molar-refractivity contribution in [1.82, 2.24) is 15.1 Å². The number of nitrogen functional groups attached to an aromatic ring is 1. The summed E-state index contributed by atoms with van der Waals surface area (Å²) >= 11 is 3.37. The molecule has 0 saturated heterocycles. The topological polar surface area (TPSA) is 77.8 Å². The second kappa shape index (κ2) is 5.29. The van der Waals surface area contributed by atoms with Crippen molar-refractivity contribution in [3.63, 3.8) is 0 Å². The van der Waals surface area contributed by atoms with E-state index in [0.29, 0.717) is 28.7 Å². The number of aryl methyl sites for hydroxylation is 2. The number of aromatic nitrogens is 3. The summed E-state index contributed by atoms with van der Waals surface area (Å²) in [4.78, 5) is 8.76. The Morgan fingerprint density at radius 2 is 2.00 bits per heavy atom. The molecule has 0 spiro atoms. The predicted molar refractivity (Wildman–Crippen MR) is 84.6 cm³/mol. The Morgan fingerprint density at radius 3 is 2.71 bits per heavy atom. The first-order chi connectivity index (χ1) is 10.0. The van der Waals surface area contributed by atoms with Crippen LogP contribution in [-0.4, -0.2) is 15.1 Å². The average molecular weight is 345 g/mol. The fourth-order valence-corrected chi connectivity index (χ4v) is 2.49. The standard InChI is InChI=1S/C15H13BrN4O/c1-8-5-9(2)13(18-7-8)14-19-15(21-20-14)11-4-3-10(16)6-12(11)17/h3-7H,17H2,1-2H3. The van der Waals surface area contributed by atoms with Gasteiger partial charge in [0, 0.05) is 16.4 Å². The summed E-state index contributed by atoms with van der Waals surface area (Å²) in [6.45, 7) is 3.97. The van der Waals surface area contributed by atoms with Gasteiger partial charge in [0.25, 0.3) is 5.89 Å². The lowest BCUT2D eigenvalue weighted by molar-refractivity contribution is 0.432. The molecule has 0 atom stereocenters. The molecule has 2 heterocycles. The molecule has 0 unspecified atom stereocenters. The molecule has 0 radical (unpaired) electrons. The first-order valence-electron chi connectivity index (χ1n) is 6.37. The van der Waals surface area contributed by atoms with Gasteiger partial charge < -0.3 is 10.3 Å². The van der Waals surface area contributed by atoms with Gasteiger partial charge in [0.2, 0.25) is 5.82 Å². The molecule has 0 aliphatic heterocycles. The van der Waals surface area contributed by atoms with Crippen LogP contribution in [0.2, 0.25) is 0 Å². The highest BCUT2D eigenvalue weighted by atomic mass is 79.9. The van der Waals surface area contributed by atoms with Crippen LogP contribution < -0.4 is 5.73 Å². The SMILES string of the molecule is Cc1cnc(-c2noc(-c3ccc(Br)cc3N)n2)c(C)c1. The first-order valence-corrected chi connectivity index (χ1v) is 7.16. The Balaban J connectivity index is 2.03. The molecule has 2 aromatic heterocycles. The Hall–Kier alpha value is -2.21. The zero-order chi connectivity index (χ0) is 15.0. The Bertz CT molecular complexity index is 747. The van der Waals surface area contributed by atoms with Crippen LogP contribution in [-0.2, 0) is 0 Å². The molecule has 1 aromatic carbocycles. The lowest BCUT2D eigenvalue weighted by Crippen LogP contribution is -1.92. The van der Waals surface area contributed by atoms with E-state index in [2.05, 4.69) is 31.1 Å². The van der Waals surface area contributed by atoms with Crippen LogP contribution in [0.3, 0.4) is 0 Å². The highest BCUT2D eigenvalue weighted by Crippen LogP contribution is 2.29. The molecule has 2 N–H and O–H groups in total.